The van der Waals surface area contributed by atoms with Gasteiger partial charge in [0.1, 0.15) is 0 Å². The average Bonchev–Trinajstić information content (AvgIpc) is 2.93. The molecule has 0 aliphatic carbocycles. The molecule has 1 unspecified atom stereocenters. The topological polar surface area (TPSA) is 64.2 Å². The molecule has 6 heteroatoms. The maximum Gasteiger partial charge on any atom is 0.224 e. The van der Waals surface area contributed by atoms with Crippen LogP contribution < -0.4 is 5.73 Å². The number of rotatable bonds is 5. The van der Waals surface area contributed by atoms with Crippen molar-refractivity contribution in [1.29, 1.82) is 0 Å². The number of aromatic nitrogens is 2. The first-order valence-electron chi connectivity index (χ1n) is 7.17. The molecule has 1 aliphatic heterocycles. The van der Waals surface area contributed by atoms with Gasteiger partial charge in [-0.05, 0) is 49.2 Å². The number of primary amides is 1. The quantitative estimate of drug-likeness (QED) is 0.889. The zero-order chi connectivity index (χ0) is 14.9. The first kappa shape index (κ1) is 15.5. The first-order chi connectivity index (χ1) is 9.41. The van der Waals surface area contributed by atoms with Crippen molar-refractivity contribution in [2.75, 3.05) is 13.1 Å². The van der Waals surface area contributed by atoms with Crippen LogP contribution in [0.25, 0.3) is 0 Å². The van der Waals surface area contributed by atoms with Crippen LogP contribution in [-0.4, -0.2) is 33.7 Å². The second kappa shape index (κ2) is 5.85. The highest BCUT2D eigenvalue weighted by molar-refractivity contribution is 9.10. The van der Waals surface area contributed by atoms with Crippen LogP contribution in [0.3, 0.4) is 0 Å². The third-order valence-corrected chi connectivity index (χ3v) is 5.13. The fraction of sp³-hybridized carbons (Fsp3) is 0.714. The van der Waals surface area contributed by atoms with Crippen LogP contribution in [-0.2, 0) is 24.3 Å². The van der Waals surface area contributed by atoms with Crippen LogP contribution in [0.2, 0.25) is 0 Å². The Bertz CT molecular complexity index is 514. The lowest BCUT2D eigenvalue weighted by Crippen LogP contribution is -2.37. The predicted octanol–water partition coefficient (Wildman–Crippen LogP) is 1.93. The van der Waals surface area contributed by atoms with E-state index in [-0.39, 0.29) is 5.91 Å². The summed E-state index contributed by atoms with van der Waals surface area (Å²) in [5, 5.41) is 4.61. The van der Waals surface area contributed by atoms with Gasteiger partial charge in [0.25, 0.3) is 0 Å². The molecule has 1 aliphatic rings. The summed E-state index contributed by atoms with van der Waals surface area (Å²) in [4.78, 5) is 13.8. The van der Waals surface area contributed by atoms with Gasteiger partial charge in [0.2, 0.25) is 5.91 Å². The van der Waals surface area contributed by atoms with Crippen LogP contribution >= 0.6 is 15.9 Å². The molecule has 1 aromatic heterocycles. The zero-order valence-electron chi connectivity index (χ0n) is 12.4. The van der Waals surface area contributed by atoms with Gasteiger partial charge >= 0.3 is 0 Å². The van der Waals surface area contributed by atoms with Gasteiger partial charge in [0.15, 0.2) is 0 Å². The Morgan fingerprint density at radius 1 is 1.50 bits per heavy atom. The third-order valence-electron chi connectivity index (χ3n) is 4.21. The first-order valence-corrected chi connectivity index (χ1v) is 7.97. The standard InChI is InChI=1S/C14H23BrN4O/c1-4-10-12(15)11(19(5-2)17-10)8-18-7-6-14(3,9-18)13(16)20/h4-9H2,1-3H3,(H2,16,20). The molecule has 0 aromatic carbocycles. The highest BCUT2D eigenvalue weighted by Crippen LogP contribution is 2.32. The van der Waals surface area contributed by atoms with E-state index in [1.807, 2.05) is 11.6 Å². The van der Waals surface area contributed by atoms with Gasteiger partial charge in [-0.2, -0.15) is 5.10 Å². The number of carbonyl (C=O) groups excluding carboxylic acids is 1. The number of nitrogens with two attached hydrogens (primary N) is 1. The summed E-state index contributed by atoms with van der Waals surface area (Å²) in [5.41, 5.74) is 7.40. The molecule has 0 spiro atoms. The van der Waals surface area contributed by atoms with Gasteiger partial charge in [0.05, 0.1) is 21.3 Å². The van der Waals surface area contributed by atoms with Crippen LogP contribution in [0.1, 0.15) is 38.6 Å². The number of nitrogens with zero attached hydrogens (tertiary/aromatic N) is 3. The number of hydrogen-bond donors (Lipinski definition) is 1. The summed E-state index contributed by atoms with van der Waals surface area (Å²) in [5.74, 6) is -0.197. The Hall–Kier alpha value is -0.880. The van der Waals surface area contributed by atoms with Crippen LogP contribution in [0.15, 0.2) is 4.47 Å². The zero-order valence-corrected chi connectivity index (χ0v) is 14.0. The largest absolute Gasteiger partial charge is 0.369 e. The number of amides is 1. The van der Waals surface area contributed by atoms with Gasteiger partial charge < -0.3 is 5.73 Å². The minimum absolute atomic E-state index is 0.197. The second-order valence-corrected chi connectivity index (χ2v) is 6.56. The summed E-state index contributed by atoms with van der Waals surface area (Å²) in [6.07, 6.45) is 1.75. The SMILES string of the molecule is CCc1nn(CC)c(CN2CCC(C)(C(N)=O)C2)c1Br. The van der Waals surface area contributed by atoms with Gasteiger partial charge in [-0.3, -0.25) is 14.4 Å². The molecule has 1 atom stereocenters. The van der Waals surface area contributed by atoms with E-state index in [0.29, 0.717) is 0 Å². The minimum Gasteiger partial charge on any atom is -0.369 e. The lowest BCUT2D eigenvalue weighted by Gasteiger charge is -2.21. The highest BCUT2D eigenvalue weighted by atomic mass is 79.9. The van der Waals surface area contributed by atoms with E-state index in [9.17, 15) is 4.79 Å². The Labute approximate surface area is 128 Å². The van der Waals surface area contributed by atoms with E-state index in [2.05, 4.69) is 39.8 Å². The van der Waals surface area contributed by atoms with Crippen molar-refractivity contribution in [2.24, 2.45) is 11.1 Å². The van der Waals surface area contributed by atoms with Crippen molar-refractivity contribution >= 4 is 21.8 Å². The fourth-order valence-electron chi connectivity index (χ4n) is 2.77. The molecule has 1 aromatic rings. The minimum atomic E-state index is -0.392. The molecule has 5 nitrogen and oxygen atoms in total. The van der Waals surface area contributed by atoms with E-state index >= 15 is 0 Å². The molecule has 1 amide bonds. The summed E-state index contributed by atoms with van der Waals surface area (Å²) in [7, 11) is 0. The van der Waals surface area contributed by atoms with E-state index in [1.165, 1.54) is 5.69 Å². The molecule has 1 fully saturated rings. The molecule has 20 heavy (non-hydrogen) atoms. The normalized spacial score (nSPS) is 23.4. The van der Waals surface area contributed by atoms with Crippen LogP contribution in [0.5, 0.6) is 0 Å². The van der Waals surface area contributed by atoms with Crippen LogP contribution in [0, 0.1) is 5.41 Å². The number of likely N-dealkylation sites (tertiary alicyclic amines) is 1. The lowest BCUT2D eigenvalue weighted by molar-refractivity contribution is -0.126. The Balaban J connectivity index is 2.16. The predicted molar refractivity (Wildman–Crippen MR) is 82.2 cm³/mol. The highest BCUT2D eigenvalue weighted by Gasteiger charge is 2.39. The van der Waals surface area contributed by atoms with Crippen molar-refractivity contribution < 1.29 is 4.79 Å². The van der Waals surface area contributed by atoms with Gasteiger partial charge in [0, 0.05) is 19.6 Å². The van der Waals surface area contributed by atoms with Crippen LogP contribution in [0.4, 0.5) is 0 Å². The van der Waals surface area contributed by atoms with E-state index in [0.717, 1.165) is 49.2 Å². The molecular formula is C14H23BrN4O. The van der Waals surface area contributed by atoms with Crippen molar-refractivity contribution in [3.63, 3.8) is 0 Å². The molecule has 2 rings (SSSR count). The smallest absolute Gasteiger partial charge is 0.224 e. The molecular weight excluding hydrogens is 320 g/mol. The van der Waals surface area contributed by atoms with Crippen molar-refractivity contribution in [3.8, 4) is 0 Å². The van der Waals surface area contributed by atoms with Gasteiger partial charge in [-0.15, -0.1) is 0 Å². The maximum atomic E-state index is 11.5. The average molecular weight is 343 g/mol. The summed E-state index contributed by atoms with van der Waals surface area (Å²) < 4.78 is 3.15. The number of hydrogen-bond acceptors (Lipinski definition) is 3. The van der Waals surface area contributed by atoms with Gasteiger partial charge in [-0.1, -0.05) is 6.92 Å². The molecule has 2 heterocycles. The second-order valence-electron chi connectivity index (χ2n) is 5.76. The van der Waals surface area contributed by atoms with Gasteiger partial charge in [-0.25, -0.2) is 0 Å². The molecule has 0 bridgehead atoms. The fourth-order valence-corrected chi connectivity index (χ4v) is 3.46. The van der Waals surface area contributed by atoms with Crippen molar-refractivity contribution in [2.45, 2.75) is 46.7 Å². The Kier molecular flexibility index (Phi) is 4.54. The van der Waals surface area contributed by atoms with E-state index in [1.54, 1.807) is 0 Å². The monoisotopic (exact) mass is 342 g/mol. The third kappa shape index (κ3) is 2.76. The number of carbonyl (C=O) groups is 1. The number of aryl methyl sites for hydroxylation is 2. The molecule has 0 saturated carbocycles. The van der Waals surface area contributed by atoms with E-state index in [4.69, 9.17) is 5.73 Å². The summed E-state index contributed by atoms with van der Waals surface area (Å²) >= 11 is 3.67. The molecule has 0 radical (unpaired) electrons. The van der Waals surface area contributed by atoms with Crippen molar-refractivity contribution in [3.05, 3.63) is 15.9 Å². The number of halogens is 1. The summed E-state index contributed by atoms with van der Waals surface area (Å²) in [6.45, 7) is 9.46. The van der Waals surface area contributed by atoms with Crippen molar-refractivity contribution in [1.82, 2.24) is 14.7 Å². The van der Waals surface area contributed by atoms with E-state index < -0.39 is 5.41 Å². The lowest BCUT2D eigenvalue weighted by atomic mass is 9.89. The Morgan fingerprint density at radius 3 is 2.70 bits per heavy atom. The molecule has 112 valence electrons. The summed E-state index contributed by atoms with van der Waals surface area (Å²) in [6, 6.07) is 0. The maximum absolute atomic E-state index is 11.5. The Morgan fingerprint density at radius 2 is 2.20 bits per heavy atom. The molecule has 2 N–H and O–H groups in total. The molecule has 1 saturated heterocycles.